The molecule has 0 fully saturated rings. The fraction of sp³-hybridized carbons (Fsp3) is 0.100. The summed E-state index contributed by atoms with van der Waals surface area (Å²) in [6.07, 6.45) is 2.65. The molecule has 1 heterocycles. The molecule has 0 spiro atoms. The van der Waals surface area contributed by atoms with Crippen LogP contribution in [-0.2, 0) is 6.42 Å². The Morgan fingerprint density at radius 2 is 1.88 bits per heavy atom. The lowest BCUT2D eigenvalue weighted by Crippen LogP contribution is -2.12. The molecule has 0 saturated heterocycles. The first kappa shape index (κ1) is 17.6. The van der Waals surface area contributed by atoms with Gasteiger partial charge in [0.2, 0.25) is 0 Å². The molecular formula is C20H16BrClN2O. The molecule has 3 rings (SSSR count). The SMILES string of the molecule is O=C(Nc1ccc(Cl)c(-c2ccccn2)c1)c1ccc(CCBr)cc1. The lowest BCUT2D eigenvalue weighted by molar-refractivity contribution is 0.102. The van der Waals surface area contributed by atoms with E-state index < -0.39 is 0 Å². The number of aryl methyl sites for hydroxylation is 1. The first-order chi connectivity index (χ1) is 12.2. The van der Waals surface area contributed by atoms with Crippen molar-refractivity contribution >= 4 is 39.1 Å². The predicted octanol–water partition coefficient (Wildman–Crippen LogP) is 5.59. The number of alkyl halides is 1. The fourth-order valence-electron chi connectivity index (χ4n) is 2.46. The maximum Gasteiger partial charge on any atom is 0.255 e. The molecule has 1 amide bonds. The number of halogens is 2. The summed E-state index contributed by atoms with van der Waals surface area (Å²) >= 11 is 9.69. The van der Waals surface area contributed by atoms with Crippen molar-refractivity contribution in [3.63, 3.8) is 0 Å². The van der Waals surface area contributed by atoms with E-state index in [9.17, 15) is 4.79 Å². The van der Waals surface area contributed by atoms with Crippen LogP contribution in [0.4, 0.5) is 5.69 Å². The molecule has 25 heavy (non-hydrogen) atoms. The summed E-state index contributed by atoms with van der Waals surface area (Å²) < 4.78 is 0. The Labute approximate surface area is 160 Å². The third-order valence-corrected chi connectivity index (χ3v) is 4.49. The molecular weight excluding hydrogens is 400 g/mol. The van der Waals surface area contributed by atoms with Crippen LogP contribution in [0.15, 0.2) is 66.9 Å². The molecule has 0 saturated carbocycles. The van der Waals surface area contributed by atoms with E-state index in [1.807, 2.05) is 48.5 Å². The van der Waals surface area contributed by atoms with Crippen molar-refractivity contribution in [3.05, 3.63) is 83.0 Å². The van der Waals surface area contributed by atoms with E-state index in [1.165, 1.54) is 5.56 Å². The van der Waals surface area contributed by atoms with Gasteiger partial charge in [0.05, 0.1) is 10.7 Å². The number of carbonyl (C=O) groups excluding carboxylic acids is 1. The molecule has 1 aromatic heterocycles. The Morgan fingerprint density at radius 1 is 1.08 bits per heavy atom. The number of aromatic nitrogens is 1. The summed E-state index contributed by atoms with van der Waals surface area (Å²) in [5.41, 5.74) is 4.04. The van der Waals surface area contributed by atoms with E-state index in [2.05, 4.69) is 26.2 Å². The van der Waals surface area contributed by atoms with Gasteiger partial charge >= 0.3 is 0 Å². The highest BCUT2D eigenvalue weighted by atomic mass is 79.9. The summed E-state index contributed by atoms with van der Waals surface area (Å²) in [6.45, 7) is 0. The van der Waals surface area contributed by atoms with Gasteiger partial charge in [0, 0.05) is 28.3 Å². The van der Waals surface area contributed by atoms with Crippen LogP contribution in [0.2, 0.25) is 5.02 Å². The summed E-state index contributed by atoms with van der Waals surface area (Å²) in [5, 5.41) is 4.41. The van der Waals surface area contributed by atoms with E-state index in [0.717, 1.165) is 23.0 Å². The second kappa shape index (κ2) is 8.28. The van der Waals surface area contributed by atoms with Gasteiger partial charge in [0.1, 0.15) is 0 Å². The Morgan fingerprint density at radius 3 is 2.56 bits per heavy atom. The van der Waals surface area contributed by atoms with Crippen LogP contribution in [-0.4, -0.2) is 16.2 Å². The number of benzene rings is 2. The molecule has 0 unspecified atom stereocenters. The second-order valence-corrected chi connectivity index (χ2v) is 6.70. The van der Waals surface area contributed by atoms with E-state index >= 15 is 0 Å². The molecule has 0 aliphatic carbocycles. The number of amides is 1. The van der Waals surface area contributed by atoms with Crippen LogP contribution in [0.3, 0.4) is 0 Å². The topological polar surface area (TPSA) is 42.0 Å². The second-order valence-electron chi connectivity index (χ2n) is 5.50. The quantitative estimate of drug-likeness (QED) is 0.552. The first-order valence-electron chi connectivity index (χ1n) is 7.84. The summed E-state index contributed by atoms with van der Waals surface area (Å²) in [7, 11) is 0. The molecule has 0 aliphatic rings. The van der Waals surface area contributed by atoms with Gasteiger partial charge in [-0.05, 0) is 54.4 Å². The fourth-order valence-corrected chi connectivity index (χ4v) is 3.13. The zero-order valence-corrected chi connectivity index (χ0v) is 15.7. The number of carbonyl (C=O) groups is 1. The molecule has 0 bridgehead atoms. The first-order valence-corrected chi connectivity index (χ1v) is 9.34. The average Bonchev–Trinajstić information content (AvgIpc) is 2.65. The molecule has 5 heteroatoms. The Balaban J connectivity index is 1.79. The smallest absolute Gasteiger partial charge is 0.255 e. The Hall–Kier alpha value is -2.17. The molecule has 3 nitrogen and oxygen atoms in total. The molecule has 0 atom stereocenters. The molecule has 1 N–H and O–H groups in total. The van der Waals surface area contributed by atoms with Crippen molar-refractivity contribution in [2.45, 2.75) is 6.42 Å². The van der Waals surface area contributed by atoms with Crippen LogP contribution in [0, 0.1) is 0 Å². The van der Waals surface area contributed by atoms with E-state index in [1.54, 1.807) is 18.3 Å². The van der Waals surface area contributed by atoms with Crippen molar-refractivity contribution < 1.29 is 4.79 Å². The minimum Gasteiger partial charge on any atom is -0.322 e. The normalized spacial score (nSPS) is 10.5. The van der Waals surface area contributed by atoms with Crippen molar-refractivity contribution in [1.82, 2.24) is 4.98 Å². The summed E-state index contributed by atoms with van der Waals surface area (Å²) in [6, 6.07) is 18.6. The van der Waals surface area contributed by atoms with Crippen LogP contribution >= 0.6 is 27.5 Å². The number of pyridine rings is 1. The monoisotopic (exact) mass is 414 g/mol. The molecule has 126 valence electrons. The Bertz CT molecular complexity index is 867. The maximum atomic E-state index is 12.4. The molecule has 2 aromatic carbocycles. The van der Waals surface area contributed by atoms with Crippen molar-refractivity contribution in [2.75, 3.05) is 10.6 Å². The maximum absolute atomic E-state index is 12.4. The van der Waals surface area contributed by atoms with E-state index in [-0.39, 0.29) is 5.91 Å². The van der Waals surface area contributed by atoms with Crippen molar-refractivity contribution in [2.24, 2.45) is 0 Å². The number of hydrogen-bond acceptors (Lipinski definition) is 2. The minimum atomic E-state index is -0.153. The van der Waals surface area contributed by atoms with Crippen molar-refractivity contribution in [1.29, 1.82) is 0 Å². The van der Waals surface area contributed by atoms with Crippen LogP contribution in [0.1, 0.15) is 15.9 Å². The predicted molar refractivity (Wildman–Crippen MR) is 107 cm³/mol. The highest BCUT2D eigenvalue weighted by Crippen LogP contribution is 2.29. The van der Waals surface area contributed by atoms with Crippen LogP contribution in [0.25, 0.3) is 11.3 Å². The third-order valence-electron chi connectivity index (χ3n) is 3.76. The number of anilines is 1. The average molecular weight is 416 g/mol. The van der Waals surface area contributed by atoms with Crippen LogP contribution in [0.5, 0.6) is 0 Å². The zero-order valence-electron chi connectivity index (χ0n) is 13.4. The largest absolute Gasteiger partial charge is 0.322 e. The third kappa shape index (κ3) is 4.47. The van der Waals surface area contributed by atoms with Crippen molar-refractivity contribution in [3.8, 4) is 11.3 Å². The molecule has 0 radical (unpaired) electrons. The van der Waals surface area contributed by atoms with Crippen LogP contribution < -0.4 is 5.32 Å². The van der Waals surface area contributed by atoms with Gasteiger partial charge in [0.15, 0.2) is 0 Å². The van der Waals surface area contributed by atoms with Gasteiger partial charge in [-0.15, -0.1) is 0 Å². The number of hydrogen-bond donors (Lipinski definition) is 1. The molecule has 0 aliphatic heterocycles. The van der Waals surface area contributed by atoms with Gasteiger partial charge < -0.3 is 5.32 Å². The van der Waals surface area contributed by atoms with E-state index in [0.29, 0.717) is 16.3 Å². The summed E-state index contributed by atoms with van der Waals surface area (Å²) in [5.74, 6) is -0.153. The highest BCUT2D eigenvalue weighted by Gasteiger charge is 2.10. The number of nitrogens with one attached hydrogen (secondary N) is 1. The van der Waals surface area contributed by atoms with Gasteiger partial charge in [0.25, 0.3) is 5.91 Å². The number of rotatable bonds is 5. The standard InChI is InChI=1S/C20H16BrClN2O/c21-11-10-14-4-6-15(7-5-14)20(25)24-16-8-9-18(22)17(13-16)19-3-1-2-12-23-19/h1-9,12-13H,10-11H2,(H,24,25). The lowest BCUT2D eigenvalue weighted by atomic mass is 10.1. The minimum absolute atomic E-state index is 0.153. The lowest BCUT2D eigenvalue weighted by Gasteiger charge is -2.09. The van der Waals surface area contributed by atoms with E-state index in [4.69, 9.17) is 11.6 Å². The zero-order chi connectivity index (χ0) is 17.6. The van der Waals surface area contributed by atoms with Gasteiger partial charge in [-0.2, -0.15) is 0 Å². The highest BCUT2D eigenvalue weighted by molar-refractivity contribution is 9.09. The molecule has 3 aromatic rings. The number of nitrogens with zero attached hydrogens (tertiary/aromatic N) is 1. The van der Waals surface area contributed by atoms with Gasteiger partial charge in [-0.1, -0.05) is 45.7 Å². The Kier molecular flexibility index (Phi) is 5.84. The van der Waals surface area contributed by atoms with Gasteiger partial charge in [-0.25, -0.2) is 0 Å². The summed E-state index contributed by atoms with van der Waals surface area (Å²) in [4.78, 5) is 16.8. The van der Waals surface area contributed by atoms with Gasteiger partial charge in [-0.3, -0.25) is 9.78 Å².